The van der Waals surface area contributed by atoms with Crippen LogP contribution in [0, 0.1) is 5.82 Å². The molecular weight excluding hydrogens is 459 g/mol. The van der Waals surface area contributed by atoms with Crippen LogP contribution in [-0.4, -0.2) is 69.3 Å². The molecule has 0 spiro atoms. The highest BCUT2D eigenvalue weighted by Crippen LogP contribution is 2.30. The van der Waals surface area contributed by atoms with E-state index in [1.165, 1.54) is 6.20 Å². The number of nitrogens with one attached hydrogen (secondary N) is 3. The third-order valence-corrected chi connectivity index (χ3v) is 7.50. The fourth-order valence-electron chi connectivity index (χ4n) is 5.31. The number of ether oxygens (including phenoxy) is 3. The lowest BCUT2D eigenvalue weighted by Gasteiger charge is -2.36. The van der Waals surface area contributed by atoms with Gasteiger partial charge in [0, 0.05) is 76.2 Å². The highest BCUT2D eigenvalue weighted by atomic mass is 19.1. The van der Waals surface area contributed by atoms with E-state index in [4.69, 9.17) is 14.2 Å². The molecule has 1 aliphatic carbocycles. The van der Waals surface area contributed by atoms with Crippen LogP contribution in [0.15, 0.2) is 36.5 Å². The van der Waals surface area contributed by atoms with E-state index in [0.717, 1.165) is 62.2 Å². The Kier molecular flexibility index (Phi) is 9.53. The first kappa shape index (κ1) is 26.8. The Labute approximate surface area is 214 Å². The van der Waals surface area contributed by atoms with Gasteiger partial charge in [0.05, 0.1) is 18.4 Å². The summed E-state index contributed by atoms with van der Waals surface area (Å²) in [6.45, 7) is 4.98. The number of hydrogen-bond acceptors (Lipinski definition) is 7. The number of nitrogens with zero attached hydrogens (tertiary/aromatic N) is 1. The summed E-state index contributed by atoms with van der Waals surface area (Å²) in [5, 5.41) is 10.7. The van der Waals surface area contributed by atoms with Gasteiger partial charge in [0.2, 0.25) is 0 Å². The summed E-state index contributed by atoms with van der Waals surface area (Å²) in [6, 6.07) is 10.9. The second-order valence-corrected chi connectivity index (χ2v) is 10.2. The number of halogens is 1. The van der Waals surface area contributed by atoms with Gasteiger partial charge in [0.1, 0.15) is 11.6 Å². The lowest BCUT2D eigenvalue weighted by molar-refractivity contribution is -0.0807. The smallest absolute Gasteiger partial charge is 0.149 e. The Bertz CT molecular complexity index is 962. The molecule has 1 aliphatic heterocycles. The van der Waals surface area contributed by atoms with Crippen LogP contribution in [0.3, 0.4) is 0 Å². The summed E-state index contributed by atoms with van der Waals surface area (Å²) < 4.78 is 31.4. The van der Waals surface area contributed by atoms with Crippen molar-refractivity contribution in [1.82, 2.24) is 10.3 Å². The maximum absolute atomic E-state index is 14.8. The first-order chi connectivity index (χ1) is 17.5. The van der Waals surface area contributed by atoms with Crippen LogP contribution in [0.1, 0.15) is 45.4 Å². The van der Waals surface area contributed by atoms with Crippen molar-refractivity contribution in [3.63, 3.8) is 0 Å². The molecule has 0 amide bonds. The van der Waals surface area contributed by atoms with Crippen LogP contribution >= 0.6 is 0 Å². The van der Waals surface area contributed by atoms with E-state index in [9.17, 15) is 4.39 Å². The quantitative estimate of drug-likeness (QED) is 0.407. The molecule has 3 N–H and O–H groups in total. The lowest BCUT2D eigenvalue weighted by atomic mass is 9.90. The summed E-state index contributed by atoms with van der Waals surface area (Å²) in [5.41, 5.74) is 2.08. The maximum atomic E-state index is 14.8. The summed E-state index contributed by atoms with van der Waals surface area (Å²) in [6.07, 6.45) is 7.34. The molecule has 198 valence electrons. The van der Waals surface area contributed by atoms with Crippen molar-refractivity contribution in [1.29, 1.82) is 0 Å². The average molecular weight is 501 g/mol. The van der Waals surface area contributed by atoms with Crippen LogP contribution in [0.5, 0.6) is 0 Å². The van der Waals surface area contributed by atoms with Gasteiger partial charge in [-0.3, -0.25) is 0 Å². The molecule has 1 saturated carbocycles. The number of benzene rings is 1. The Morgan fingerprint density at radius 2 is 1.86 bits per heavy atom. The van der Waals surface area contributed by atoms with Gasteiger partial charge >= 0.3 is 0 Å². The molecule has 36 heavy (non-hydrogen) atoms. The molecule has 1 saturated heterocycles. The standard InChI is InChI=1S/C28H41FN4O3/c1-20(18-34-2)32-22-7-9-23(10-8-22)33-27-16-25(26(29)17-30-27)21-5-4-6-24(15-21)31-19-28(35-3)11-13-36-14-12-28/h4-6,15-17,20,22-23,31-32H,7-14,18-19H2,1-3H3,(H,30,33)/t20-,22-,23-/m0/s1. The van der Waals surface area contributed by atoms with Crippen LogP contribution < -0.4 is 16.0 Å². The lowest BCUT2D eigenvalue weighted by Crippen LogP contribution is -2.44. The molecule has 7 nitrogen and oxygen atoms in total. The normalized spacial score (nSPS) is 22.7. The highest BCUT2D eigenvalue weighted by molar-refractivity contribution is 5.70. The van der Waals surface area contributed by atoms with Crippen molar-refractivity contribution in [2.75, 3.05) is 51.2 Å². The van der Waals surface area contributed by atoms with Crippen molar-refractivity contribution in [2.45, 2.75) is 69.2 Å². The predicted octanol–water partition coefficient (Wildman–Crippen LogP) is 4.84. The van der Waals surface area contributed by atoms with Gasteiger partial charge in [0.25, 0.3) is 0 Å². The second-order valence-electron chi connectivity index (χ2n) is 10.2. The minimum Gasteiger partial charge on any atom is -0.383 e. The zero-order chi connectivity index (χ0) is 25.4. The number of hydrogen-bond donors (Lipinski definition) is 3. The molecule has 8 heteroatoms. The topological polar surface area (TPSA) is 76.7 Å². The van der Waals surface area contributed by atoms with Gasteiger partial charge in [-0.1, -0.05) is 12.1 Å². The second kappa shape index (κ2) is 12.8. The van der Waals surface area contributed by atoms with Gasteiger partial charge in [0.15, 0.2) is 0 Å². The summed E-state index contributed by atoms with van der Waals surface area (Å²) >= 11 is 0. The van der Waals surface area contributed by atoms with E-state index in [-0.39, 0.29) is 11.4 Å². The first-order valence-corrected chi connectivity index (χ1v) is 13.1. The molecule has 0 radical (unpaired) electrons. The Balaban J connectivity index is 1.37. The number of methoxy groups -OCH3 is 2. The SMILES string of the molecule is COC[C@H](C)N[C@H]1CC[C@H](Nc2cc(-c3cccc(NCC4(OC)CCOCC4)c3)c(F)cn2)CC1. The van der Waals surface area contributed by atoms with Crippen LogP contribution in [-0.2, 0) is 14.2 Å². The largest absolute Gasteiger partial charge is 0.383 e. The zero-order valence-corrected chi connectivity index (χ0v) is 21.8. The van der Waals surface area contributed by atoms with E-state index in [1.807, 2.05) is 30.3 Å². The van der Waals surface area contributed by atoms with E-state index >= 15 is 0 Å². The van der Waals surface area contributed by atoms with Gasteiger partial charge in [-0.05, 0) is 56.4 Å². The Morgan fingerprint density at radius 1 is 1.11 bits per heavy atom. The molecule has 1 aromatic carbocycles. The van der Waals surface area contributed by atoms with E-state index in [0.29, 0.717) is 43.4 Å². The average Bonchev–Trinajstić information content (AvgIpc) is 2.90. The number of rotatable bonds is 11. The summed E-state index contributed by atoms with van der Waals surface area (Å²) in [5.74, 6) is 0.394. The third kappa shape index (κ3) is 7.16. The van der Waals surface area contributed by atoms with Gasteiger partial charge in [-0.25, -0.2) is 9.37 Å². The van der Waals surface area contributed by atoms with Crippen molar-refractivity contribution in [3.8, 4) is 11.1 Å². The van der Waals surface area contributed by atoms with Gasteiger partial charge in [-0.2, -0.15) is 0 Å². The zero-order valence-electron chi connectivity index (χ0n) is 21.8. The third-order valence-electron chi connectivity index (χ3n) is 7.50. The fraction of sp³-hybridized carbons (Fsp3) is 0.607. The number of aromatic nitrogens is 1. The minimum atomic E-state index is -0.324. The summed E-state index contributed by atoms with van der Waals surface area (Å²) in [4.78, 5) is 4.33. The number of pyridine rings is 1. The van der Waals surface area contributed by atoms with Crippen LogP contribution in [0.4, 0.5) is 15.9 Å². The molecule has 0 bridgehead atoms. The first-order valence-electron chi connectivity index (χ1n) is 13.1. The molecule has 1 atom stereocenters. The molecule has 2 heterocycles. The molecule has 4 rings (SSSR count). The van der Waals surface area contributed by atoms with Crippen molar-refractivity contribution in [2.24, 2.45) is 0 Å². The van der Waals surface area contributed by atoms with E-state index in [1.54, 1.807) is 14.2 Å². The molecule has 2 aliphatic rings. The van der Waals surface area contributed by atoms with Crippen LogP contribution in [0.2, 0.25) is 0 Å². The fourth-order valence-corrected chi connectivity index (χ4v) is 5.31. The van der Waals surface area contributed by atoms with Gasteiger partial charge in [-0.15, -0.1) is 0 Å². The highest BCUT2D eigenvalue weighted by Gasteiger charge is 2.32. The van der Waals surface area contributed by atoms with Crippen molar-refractivity contribution in [3.05, 3.63) is 42.3 Å². The minimum absolute atomic E-state index is 0.233. The monoisotopic (exact) mass is 500 g/mol. The molecule has 2 fully saturated rings. The number of anilines is 2. The van der Waals surface area contributed by atoms with Gasteiger partial charge < -0.3 is 30.2 Å². The molecule has 1 aromatic heterocycles. The van der Waals surface area contributed by atoms with E-state index < -0.39 is 0 Å². The van der Waals surface area contributed by atoms with Crippen LogP contribution in [0.25, 0.3) is 11.1 Å². The van der Waals surface area contributed by atoms with E-state index in [2.05, 4.69) is 27.9 Å². The predicted molar refractivity (Wildman–Crippen MR) is 142 cm³/mol. The maximum Gasteiger partial charge on any atom is 0.149 e. The molecule has 2 aromatic rings. The van der Waals surface area contributed by atoms with Crippen molar-refractivity contribution >= 4 is 11.5 Å². The van der Waals surface area contributed by atoms with Crippen molar-refractivity contribution < 1.29 is 18.6 Å². The molecule has 0 unspecified atom stereocenters. The Hall–Kier alpha value is -2.26. The summed E-state index contributed by atoms with van der Waals surface area (Å²) in [7, 11) is 3.49. The Morgan fingerprint density at radius 3 is 2.58 bits per heavy atom. The molecular formula is C28H41FN4O3.